The Morgan fingerprint density at radius 3 is 2.55 bits per heavy atom. The number of ether oxygens (including phenoxy) is 3. The van der Waals surface area contributed by atoms with Gasteiger partial charge in [0.15, 0.2) is 0 Å². The third-order valence-corrected chi connectivity index (χ3v) is 9.06. The Morgan fingerprint density at radius 1 is 0.918 bits per heavy atom. The molecule has 0 amide bonds. The van der Waals surface area contributed by atoms with Crippen LogP contribution in [0, 0.1) is 18.3 Å². The van der Waals surface area contributed by atoms with Crippen LogP contribution in [0.25, 0.3) is 11.1 Å². The highest BCUT2D eigenvalue weighted by molar-refractivity contribution is 6.32. The minimum Gasteiger partial charge on any atom is -0.494 e. The molecule has 2 heterocycles. The van der Waals surface area contributed by atoms with Gasteiger partial charge in [-0.05, 0) is 119 Å². The molecule has 1 aliphatic heterocycles. The lowest BCUT2D eigenvalue weighted by Gasteiger charge is -2.18. The average molecular weight is 682 g/mol. The van der Waals surface area contributed by atoms with E-state index >= 15 is 0 Å². The molecular formula is C40H48ClN5O3. The molecule has 0 aliphatic carbocycles. The van der Waals surface area contributed by atoms with Crippen molar-refractivity contribution in [2.24, 2.45) is 0 Å². The number of nitrogens with zero attached hydrogens (tertiary/aromatic N) is 4. The van der Waals surface area contributed by atoms with Crippen LogP contribution in [0.2, 0.25) is 5.02 Å². The van der Waals surface area contributed by atoms with Gasteiger partial charge in [-0.25, -0.2) is 0 Å². The van der Waals surface area contributed by atoms with Crippen LogP contribution in [0.3, 0.4) is 0 Å². The molecule has 4 aromatic rings. The molecule has 0 atom stereocenters. The molecule has 9 heteroatoms. The summed E-state index contributed by atoms with van der Waals surface area (Å²) < 4.78 is 18.8. The van der Waals surface area contributed by atoms with Crippen molar-refractivity contribution in [3.8, 4) is 34.4 Å². The summed E-state index contributed by atoms with van der Waals surface area (Å²) in [4.78, 5) is 8.86. The number of hydrogen-bond acceptors (Lipinski definition) is 8. The van der Waals surface area contributed by atoms with Crippen LogP contribution < -0.4 is 19.5 Å². The fraction of sp³-hybridized carbons (Fsp3) is 0.400. The molecule has 0 saturated carbocycles. The highest BCUT2D eigenvalue weighted by Gasteiger charge is 2.15. The first-order valence-electron chi connectivity index (χ1n) is 17.2. The summed E-state index contributed by atoms with van der Waals surface area (Å²) in [7, 11) is 4.15. The van der Waals surface area contributed by atoms with E-state index in [1.165, 1.54) is 25.9 Å². The van der Waals surface area contributed by atoms with Crippen molar-refractivity contribution in [1.82, 2.24) is 20.1 Å². The van der Waals surface area contributed by atoms with Gasteiger partial charge in [-0.1, -0.05) is 41.9 Å². The van der Waals surface area contributed by atoms with E-state index in [2.05, 4.69) is 83.6 Å². The molecule has 1 saturated heterocycles. The van der Waals surface area contributed by atoms with E-state index in [4.69, 9.17) is 25.8 Å². The molecular weight excluding hydrogens is 634 g/mol. The predicted molar refractivity (Wildman–Crippen MR) is 196 cm³/mol. The number of halogens is 1. The van der Waals surface area contributed by atoms with E-state index in [9.17, 15) is 5.26 Å². The molecule has 0 unspecified atom stereocenters. The Bertz CT molecular complexity index is 1700. The maximum absolute atomic E-state index is 9.29. The summed E-state index contributed by atoms with van der Waals surface area (Å²) in [6.07, 6.45) is 7.94. The van der Waals surface area contributed by atoms with Crippen LogP contribution in [0.15, 0.2) is 73.1 Å². The molecule has 3 aromatic carbocycles. The highest BCUT2D eigenvalue weighted by Crippen LogP contribution is 2.35. The number of nitrogens with one attached hydrogen (secondary N) is 1. The van der Waals surface area contributed by atoms with Crippen LogP contribution in [-0.2, 0) is 19.8 Å². The number of nitriles is 1. The fourth-order valence-electron chi connectivity index (χ4n) is 6.04. The van der Waals surface area contributed by atoms with Gasteiger partial charge < -0.3 is 29.3 Å². The molecule has 0 spiro atoms. The maximum atomic E-state index is 9.29. The lowest BCUT2D eigenvalue weighted by Crippen LogP contribution is -2.21. The summed E-state index contributed by atoms with van der Waals surface area (Å²) in [6.45, 7) is 9.46. The Labute approximate surface area is 296 Å². The van der Waals surface area contributed by atoms with Crippen LogP contribution in [0.1, 0.15) is 53.5 Å². The Morgan fingerprint density at radius 2 is 1.73 bits per heavy atom. The van der Waals surface area contributed by atoms with Gasteiger partial charge in [0.25, 0.3) is 0 Å². The van der Waals surface area contributed by atoms with E-state index in [1.807, 2.05) is 18.2 Å². The second-order valence-corrected chi connectivity index (χ2v) is 13.3. The van der Waals surface area contributed by atoms with E-state index < -0.39 is 0 Å². The molecule has 258 valence electrons. The van der Waals surface area contributed by atoms with E-state index in [0.29, 0.717) is 41.8 Å². The molecule has 49 heavy (non-hydrogen) atoms. The van der Waals surface area contributed by atoms with Crippen molar-refractivity contribution in [3.05, 3.63) is 106 Å². The molecule has 1 N–H and O–H groups in total. The number of benzene rings is 3. The average Bonchev–Trinajstić information content (AvgIpc) is 3.63. The highest BCUT2D eigenvalue weighted by atomic mass is 35.5. The van der Waals surface area contributed by atoms with Crippen molar-refractivity contribution in [3.63, 3.8) is 0 Å². The molecule has 1 aromatic heterocycles. The lowest BCUT2D eigenvalue weighted by atomic mass is 9.96. The zero-order valence-corrected chi connectivity index (χ0v) is 29.8. The summed E-state index contributed by atoms with van der Waals surface area (Å²) >= 11 is 6.80. The minimum atomic E-state index is 0.263. The van der Waals surface area contributed by atoms with Crippen LogP contribution >= 0.6 is 11.6 Å². The first-order valence-corrected chi connectivity index (χ1v) is 17.6. The van der Waals surface area contributed by atoms with E-state index in [1.54, 1.807) is 18.5 Å². The zero-order chi connectivity index (χ0) is 34.4. The molecule has 8 nitrogen and oxygen atoms in total. The molecule has 1 fully saturated rings. The summed E-state index contributed by atoms with van der Waals surface area (Å²) in [5.41, 5.74) is 6.70. The molecule has 0 radical (unpaired) electrons. The largest absolute Gasteiger partial charge is 0.494 e. The minimum absolute atomic E-state index is 0.263. The van der Waals surface area contributed by atoms with Crippen molar-refractivity contribution in [2.45, 2.75) is 52.4 Å². The SMILES string of the molecule is Cc1c(COc2cc(OCc3cncc(C#N)c3)c(CNCCCN(C)C)cc2Cl)cccc1-c1cccc(OCCCN2CCCC2)c1. The number of rotatable bonds is 18. The van der Waals surface area contributed by atoms with Crippen molar-refractivity contribution >= 4 is 11.6 Å². The standard InChI is InChI=1S/C40H48ClN5O3/c1-30-34(11-7-13-37(30)33-10-6-12-36(21-33)47-19-9-18-46-16-4-5-17-46)29-49-40-23-39(48-28-32-20-31(24-42)25-44-26-32)35(22-38(40)41)27-43-14-8-15-45(2)3/h6-7,10-13,20-23,25-26,43H,4-5,8-9,14-19,27-29H2,1-3H3. The lowest BCUT2D eigenvalue weighted by molar-refractivity contribution is 0.263. The predicted octanol–water partition coefficient (Wildman–Crippen LogP) is 7.65. The topological polar surface area (TPSA) is 82.9 Å². The van der Waals surface area contributed by atoms with Gasteiger partial charge in [-0.3, -0.25) is 4.98 Å². The van der Waals surface area contributed by atoms with Crippen LogP contribution in [0.4, 0.5) is 0 Å². The molecule has 1 aliphatic rings. The first-order chi connectivity index (χ1) is 23.9. The zero-order valence-electron chi connectivity index (χ0n) is 29.0. The monoisotopic (exact) mass is 681 g/mol. The van der Waals surface area contributed by atoms with Gasteiger partial charge in [0.2, 0.25) is 0 Å². The number of aromatic nitrogens is 1. The van der Waals surface area contributed by atoms with Crippen molar-refractivity contribution < 1.29 is 14.2 Å². The maximum Gasteiger partial charge on any atom is 0.142 e. The third-order valence-electron chi connectivity index (χ3n) is 8.77. The summed E-state index contributed by atoms with van der Waals surface area (Å²) in [5.74, 6) is 2.11. The fourth-order valence-corrected chi connectivity index (χ4v) is 6.28. The normalized spacial score (nSPS) is 13.1. The van der Waals surface area contributed by atoms with Gasteiger partial charge in [-0.15, -0.1) is 0 Å². The smallest absolute Gasteiger partial charge is 0.142 e. The number of hydrogen-bond donors (Lipinski definition) is 1. The second-order valence-electron chi connectivity index (χ2n) is 12.9. The van der Waals surface area contributed by atoms with Gasteiger partial charge >= 0.3 is 0 Å². The molecule has 0 bridgehead atoms. The quantitative estimate of drug-likeness (QED) is 0.107. The number of likely N-dealkylation sites (tertiary alicyclic amines) is 1. The van der Waals surface area contributed by atoms with Gasteiger partial charge in [0, 0.05) is 42.7 Å². The van der Waals surface area contributed by atoms with E-state index in [0.717, 1.165) is 71.6 Å². The van der Waals surface area contributed by atoms with Crippen molar-refractivity contribution in [2.75, 3.05) is 53.4 Å². The Hall–Kier alpha value is -4.13. The number of pyridine rings is 1. The Balaban J connectivity index is 1.26. The summed E-state index contributed by atoms with van der Waals surface area (Å²) in [5, 5.41) is 13.3. The van der Waals surface area contributed by atoms with Gasteiger partial charge in [0.05, 0.1) is 17.2 Å². The second kappa shape index (κ2) is 18.6. The summed E-state index contributed by atoms with van der Waals surface area (Å²) in [6, 6.07) is 22.3. The molecule has 5 rings (SSSR count). The van der Waals surface area contributed by atoms with E-state index in [-0.39, 0.29) is 6.61 Å². The van der Waals surface area contributed by atoms with Crippen LogP contribution in [0.5, 0.6) is 17.2 Å². The van der Waals surface area contributed by atoms with Gasteiger partial charge in [-0.2, -0.15) is 5.26 Å². The van der Waals surface area contributed by atoms with Gasteiger partial charge in [0.1, 0.15) is 36.5 Å². The third kappa shape index (κ3) is 10.9. The first kappa shape index (κ1) is 36.2. The Kier molecular flexibility index (Phi) is 13.7. The van der Waals surface area contributed by atoms with Crippen LogP contribution in [-0.4, -0.2) is 68.2 Å². The van der Waals surface area contributed by atoms with Crippen molar-refractivity contribution in [1.29, 1.82) is 5.26 Å².